The van der Waals surface area contributed by atoms with Crippen molar-refractivity contribution in [2.45, 2.75) is 76.3 Å². The molecule has 0 spiro atoms. The molecule has 23 heavy (non-hydrogen) atoms. The van der Waals surface area contributed by atoms with Gasteiger partial charge in [-0.3, -0.25) is 9.69 Å². The van der Waals surface area contributed by atoms with E-state index in [1.165, 1.54) is 32.1 Å². The van der Waals surface area contributed by atoms with Crippen molar-refractivity contribution in [2.24, 2.45) is 0 Å². The molecule has 126 valence electrons. The molecule has 1 aliphatic heterocycles. The van der Waals surface area contributed by atoms with Crippen LogP contribution in [0, 0.1) is 0 Å². The van der Waals surface area contributed by atoms with Crippen LogP contribution in [0.1, 0.15) is 75.1 Å². The lowest BCUT2D eigenvalue weighted by molar-refractivity contribution is -0.138. The Morgan fingerprint density at radius 3 is 2.48 bits per heavy atom. The molecule has 1 saturated heterocycles. The molecule has 0 aromatic carbocycles. The highest BCUT2D eigenvalue weighted by atomic mass is 16.4. The lowest BCUT2D eigenvalue weighted by atomic mass is 9.89. The highest BCUT2D eigenvalue weighted by molar-refractivity contribution is 5.67. The van der Waals surface area contributed by atoms with Gasteiger partial charge < -0.3 is 5.11 Å². The molecule has 1 aliphatic carbocycles. The second-order valence-electron chi connectivity index (χ2n) is 7.00. The summed E-state index contributed by atoms with van der Waals surface area (Å²) >= 11 is 0. The summed E-state index contributed by atoms with van der Waals surface area (Å²) in [5.41, 5.74) is 1.10. The van der Waals surface area contributed by atoms with E-state index in [1.807, 2.05) is 12.4 Å². The van der Waals surface area contributed by atoms with Crippen LogP contribution in [0.25, 0.3) is 0 Å². The van der Waals surface area contributed by atoms with Crippen LogP contribution in [-0.4, -0.2) is 38.5 Å². The van der Waals surface area contributed by atoms with Gasteiger partial charge in [-0.15, -0.1) is 0 Å². The Kier molecular flexibility index (Phi) is 5.60. The zero-order valence-corrected chi connectivity index (χ0v) is 13.8. The van der Waals surface area contributed by atoms with E-state index in [0.29, 0.717) is 5.92 Å². The number of carbonyl (C=O) groups is 1. The monoisotopic (exact) mass is 317 g/mol. The number of carboxylic acids is 1. The molecule has 1 aromatic rings. The van der Waals surface area contributed by atoms with Crippen LogP contribution >= 0.6 is 0 Å². The molecule has 5 heteroatoms. The van der Waals surface area contributed by atoms with Crippen molar-refractivity contribution in [3.63, 3.8) is 0 Å². The third-order valence-corrected chi connectivity index (χ3v) is 5.24. The van der Waals surface area contributed by atoms with Gasteiger partial charge >= 0.3 is 5.97 Å². The average Bonchev–Trinajstić information content (AvgIpc) is 2.58. The van der Waals surface area contributed by atoms with E-state index in [2.05, 4.69) is 14.9 Å². The second-order valence-corrected chi connectivity index (χ2v) is 7.00. The summed E-state index contributed by atoms with van der Waals surface area (Å²) in [5, 5.41) is 9.08. The van der Waals surface area contributed by atoms with E-state index in [1.54, 1.807) is 0 Å². The van der Waals surface area contributed by atoms with Crippen LogP contribution in [0.4, 0.5) is 0 Å². The van der Waals surface area contributed by atoms with E-state index in [0.717, 1.165) is 43.7 Å². The van der Waals surface area contributed by atoms with Gasteiger partial charge in [-0.05, 0) is 32.2 Å². The van der Waals surface area contributed by atoms with Crippen molar-refractivity contribution in [1.82, 2.24) is 14.9 Å². The van der Waals surface area contributed by atoms with Gasteiger partial charge in [0.25, 0.3) is 0 Å². The standard InChI is InChI=1S/C18H27N3O2/c22-17(23)10-16-8-4-5-9-21(16)13-14-11-19-18(20-12-14)15-6-2-1-3-7-15/h11-12,15-16H,1-10,13H2,(H,22,23)/t16-/m1/s1. The highest BCUT2D eigenvalue weighted by Crippen LogP contribution is 2.30. The molecule has 5 nitrogen and oxygen atoms in total. The van der Waals surface area contributed by atoms with E-state index in [4.69, 9.17) is 5.11 Å². The van der Waals surface area contributed by atoms with E-state index >= 15 is 0 Å². The SMILES string of the molecule is O=C(O)C[C@H]1CCCCN1Cc1cnc(C2CCCCC2)nc1. The Morgan fingerprint density at radius 2 is 1.78 bits per heavy atom. The first-order valence-electron chi connectivity index (χ1n) is 8.99. The summed E-state index contributed by atoms with van der Waals surface area (Å²) in [5.74, 6) is 0.826. The quantitative estimate of drug-likeness (QED) is 0.902. The van der Waals surface area contributed by atoms with Crippen LogP contribution < -0.4 is 0 Å². The maximum Gasteiger partial charge on any atom is 0.304 e. The average molecular weight is 317 g/mol. The fraction of sp³-hybridized carbons (Fsp3) is 0.722. The second kappa shape index (κ2) is 7.86. The Bertz CT molecular complexity index is 512. The van der Waals surface area contributed by atoms with Crippen LogP contribution in [0.5, 0.6) is 0 Å². The maximum atomic E-state index is 11.0. The summed E-state index contributed by atoms with van der Waals surface area (Å²) in [4.78, 5) is 22.5. The predicted octanol–water partition coefficient (Wildman–Crippen LogP) is 3.35. The van der Waals surface area contributed by atoms with Crippen molar-refractivity contribution in [1.29, 1.82) is 0 Å². The molecule has 1 N–H and O–H groups in total. The summed E-state index contributed by atoms with van der Waals surface area (Å²) in [6.45, 7) is 1.74. The number of piperidine rings is 1. The van der Waals surface area contributed by atoms with Crippen molar-refractivity contribution >= 4 is 5.97 Å². The molecule has 0 bridgehead atoms. The first-order valence-corrected chi connectivity index (χ1v) is 8.99. The number of aromatic nitrogens is 2. The van der Waals surface area contributed by atoms with E-state index < -0.39 is 5.97 Å². The lowest BCUT2D eigenvalue weighted by Gasteiger charge is -2.34. The third kappa shape index (κ3) is 4.50. The minimum atomic E-state index is -0.703. The summed E-state index contributed by atoms with van der Waals surface area (Å²) in [6.07, 6.45) is 13.7. The molecule has 0 radical (unpaired) electrons. The Balaban J connectivity index is 1.61. The van der Waals surface area contributed by atoms with E-state index in [9.17, 15) is 4.79 Å². The normalized spacial score (nSPS) is 23.7. The summed E-state index contributed by atoms with van der Waals surface area (Å²) in [7, 11) is 0. The molecule has 1 aromatic heterocycles. The van der Waals surface area contributed by atoms with Gasteiger partial charge in [0.05, 0.1) is 6.42 Å². The fourth-order valence-electron chi connectivity index (χ4n) is 3.95. The molecule has 2 aliphatic rings. The van der Waals surface area contributed by atoms with Gasteiger partial charge in [-0.25, -0.2) is 9.97 Å². The zero-order valence-electron chi connectivity index (χ0n) is 13.8. The molecule has 1 atom stereocenters. The summed E-state index contributed by atoms with van der Waals surface area (Å²) < 4.78 is 0. The molecule has 0 unspecified atom stereocenters. The lowest BCUT2D eigenvalue weighted by Crippen LogP contribution is -2.40. The minimum Gasteiger partial charge on any atom is -0.481 e. The van der Waals surface area contributed by atoms with Gasteiger partial charge in [0.1, 0.15) is 5.82 Å². The molecular formula is C18H27N3O2. The third-order valence-electron chi connectivity index (χ3n) is 5.24. The number of aliphatic carboxylic acids is 1. The number of hydrogen-bond acceptors (Lipinski definition) is 4. The number of hydrogen-bond donors (Lipinski definition) is 1. The van der Waals surface area contributed by atoms with E-state index in [-0.39, 0.29) is 12.5 Å². The predicted molar refractivity (Wildman–Crippen MR) is 88.2 cm³/mol. The van der Waals surface area contributed by atoms with Crippen molar-refractivity contribution in [2.75, 3.05) is 6.54 Å². The van der Waals surface area contributed by atoms with Gasteiger partial charge in [-0.1, -0.05) is 25.7 Å². The van der Waals surface area contributed by atoms with Crippen LogP contribution in [-0.2, 0) is 11.3 Å². The smallest absolute Gasteiger partial charge is 0.304 e. The van der Waals surface area contributed by atoms with Gasteiger partial charge in [0.2, 0.25) is 0 Å². The Hall–Kier alpha value is -1.49. The Labute approximate surface area is 138 Å². The number of rotatable bonds is 5. The summed E-state index contributed by atoms with van der Waals surface area (Å²) in [6, 6.07) is 0.152. The number of nitrogens with zero attached hydrogens (tertiary/aromatic N) is 3. The Morgan fingerprint density at radius 1 is 1.09 bits per heavy atom. The molecular weight excluding hydrogens is 290 g/mol. The van der Waals surface area contributed by atoms with Crippen molar-refractivity contribution < 1.29 is 9.90 Å². The van der Waals surface area contributed by atoms with Crippen LogP contribution in [0.15, 0.2) is 12.4 Å². The molecule has 3 rings (SSSR count). The molecule has 2 fully saturated rings. The van der Waals surface area contributed by atoms with Crippen molar-refractivity contribution in [3.8, 4) is 0 Å². The topological polar surface area (TPSA) is 66.3 Å². The zero-order chi connectivity index (χ0) is 16.1. The van der Waals surface area contributed by atoms with Crippen LogP contribution in [0.3, 0.4) is 0 Å². The fourth-order valence-corrected chi connectivity index (χ4v) is 3.95. The van der Waals surface area contributed by atoms with Crippen molar-refractivity contribution in [3.05, 3.63) is 23.8 Å². The first-order chi connectivity index (χ1) is 11.2. The number of likely N-dealkylation sites (tertiary alicyclic amines) is 1. The van der Waals surface area contributed by atoms with Gasteiger partial charge in [-0.2, -0.15) is 0 Å². The number of carboxylic acid groups (broad SMARTS) is 1. The van der Waals surface area contributed by atoms with Gasteiger partial charge in [0, 0.05) is 36.5 Å². The molecule has 2 heterocycles. The minimum absolute atomic E-state index is 0.152. The highest BCUT2D eigenvalue weighted by Gasteiger charge is 2.25. The molecule has 1 saturated carbocycles. The largest absolute Gasteiger partial charge is 0.481 e. The van der Waals surface area contributed by atoms with Crippen LogP contribution in [0.2, 0.25) is 0 Å². The maximum absolute atomic E-state index is 11.0. The van der Waals surface area contributed by atoms with Gasteiger partial charge in [0.15, 0.2) is 0 Å². The first kappa shape index (κ1) is 16.4. The molecule has 0 amide bonds.